The van der Waals surface area contributed by atoms with Crippen molar-refractivity contribution in [2.24, 2.45) is 5.10 Å². The number of nitrogens with one attached hydrogen (secondary N) is 3. The molecule has 8 heteroatoms. The number of hydrogen-bond donors (Lipinski definition) is 3. The van der Waals surface area contributed by atoms with Crippen molar-refractivity contribution >= 4 is 33.7 Å². The van der Waals surface area contributed by atoms with Crippen molar-refractivity contribution in [3.63, 3.8) is 0 Å². The average Bonchev–Trinajstić information content (AvgIpc) is 3.15. The minimum Gasteiger partial charge on any atom is -0.337 e. The molecule has 2 aromatic heterocycles. The molecule has 1 aliphatic rings. The first-order valence-electron chi connectivity index (χ1n) is 6.75. The molecule has 1 amide bonds. The largest absolute Gasteiger partial charge is 0.337 e. The van der Waals surface area contributed by atoms with Gasteiger partial charge in [-0.2, -0.15) is 10.2 Å². The van der Waals surface area contributed by atoms with Crippen molar-refractivity contribution in [2.75, 3.05) is 0 Å². The number of thioether (sulfide) groups is 1. The van der Waals surface area contributed by atoms with E-state index < -0.39 is 0 Å². The Kier molecular flexibility index (Phi) is 2.97. The van der Waals surface area contributed by atoms with Crippen LogP contribution in [0.3, 0.4) is 0 Å². The number of fused-ring (bicyclic) bond motifs is 1. The van der Waals surface area contributed by atoms with Gasteiger partial charge in [-0.15, -0.1) is 0 Å². The molecular formula is C14H12N6OS. The van der Waals surface area contributed by atoms with E-state index in [-0.39, 0.29) is 10.5 Å². The van der Waals surface area contributed by atoms with Crippen molar-refractivity contribution in [2.45, 2.75) is 12.2 Å². The first-order chi connectivity index (χ1) is 10.7. The van der Waals surface area contributed by atoms with E-state index in [9.17, 15) is 4.79 Å². The third-order valence-electron chi connectivity index (χ3n) is 3.46. The normalized spacial score (nSPS) is 18.3. The van der Waals surface area contributed by atoms with Gasteiger partial charge in [0.05, 0.1) is 22.0 Å². The van der Waals surface area contributed by atoms with Crippen LogP contribution in [0, 0.1) is 0 Å². The fourth-order valence-electron chi connectivity index (χ4n) is 2.42. The van der Waals surface area contributed by atoms with Crippen LogP contribution in [0.5, 0.6) is 0 Å². The quantitative estimate of drug-likeness (QED) is 0.677. The summed E-state index contributed by atoms with van der Waals surface area (Å²) < 4.78 is 0. The molecule has 3 aromatic rings. The van der Waals surface area contributed by atoms with Gasteiger partial charge >= 0.3 is 0 Å². The molecule has 0 fully saturated rings. The Hall–Kier alpha value is -2.61. The van der Waals surface area contributed by atoms with Gasteiger partial charge in [0.2, 0.25) is 0 Å². The number of H-pyrrole nitrogens is 2. The van der Waals surface area contributed by atoms with Crippen molar-refractivity contribution in [3.05, 3.63) is 36.0 Å². The number of hydrazone groups is 1. The van der Waals surface area contributed by atoms with Gasteiger partial charge in [0.15, 0.2) is 5.82 Å². The highest BCUT2D eigenvalue weighted by atomic mass is 32.2. The summed E-state index contributed by atoms with van der Waals surface area (Å²) in [4.78, 5) is 19.1. The van der Waals surface area contributed by atoms with Crippen molar-refractivity contribution in [1.29, 1.82) is 0 Å². The van der Waals surface area contributed by atoms with Crippen LogP contribution in [-0.4, -0.2) is 36.4 Å². The Balaban J connectivity index is 1.76. The Labute approximate surface area is 129 Å². The molecule has 0 saturated heterocycles. The second kappa shape index (κ2) is 4.99. The molecule has 7 nitrogen and oxygen atoms in total. The molecule has 0 radical (unpaired) electrons. The van der Waals surface area contributed by atoms with E-state index in [1.54, 1.807) is 6.20 Å². The number of aromatic amines is 2. The lowest BCUT2D eigenvalue weighted by Crippen LogP contribution is -2.29. The SMILES string of the molecule is CC1SC(=O)NN=C1c1ccc2[nH]c(-c3cc[nH]n3)nc2c1. The van der Waals surface area contributed by atoms with E-state index in [0.717, 1.165) is 33.8 Å². The highest BCUT2D eigenvalue weighted by molar-refractivity contribution is 8.14. The Bertz CT molecular complexity index is 882. The number of carbonyl (C=O) groups excluding carboxylic acids is 1. The lowest BCUT2D eigenvalue weighted by molar-refractivity contribution is 0.261. The molecule has 0 aliphatic carbocycles. The van der Waals surface area contributed by atoms with E-state index in [0.29, 0.717) is 0 Å². The molecule has 0 spiro atoms. The summed E-state index contributed by atoms with van der Waals surface area (Å²) in [5, 5.41) is 10.9. The number of benzene rings is 1. The first kappa shape index (κ1) is 13.1. The predicted molar refractivity (Wildman–Crippen MR) is 85.8 cm³/mol. The fourth-order valence-corrected chi connectivity index (χ4v) is 3.14. The first-order valence-corrected chi connectivity index (χ1v) is 7.63. The van der Waals surface area contributed by atoms with E-state index in [1.807, 2.05) is 31.2 Å². The van der Waals surface area contributed by atoms with E-state index >= 15 is 0 Å². The van der Waals surface area contributed by atoms with Crippen LogP contribution in [0.1, 0.15) is 12.5 Å². The van der Waals surface area contributed by atoms with Crippen LogP contribution in [0.4, 0.5) is 4.79 Å². The number of aromatic nitrogens is 4. The van der Waals surface area contributed by atoms with Gasteiger partial charge in [-0.05, 0) is 25.1 Å². The maximum atomic E-state index is 11.3. The Morgan fingerprint density at radius 3 is 2.95 bits per heavy atom. The fraction of sp³-hybridized carbons (Fsp3) is 0.143. The number of imidazole rings is 1. The summed E-state index contributed by atoms with van der Waals surface area (Å²) in [7, 11) is 0. The number of rotatable bonds is 2. The zero-order valence-electron chi connectivity index (χ0n) is 11.6. The van der Waals surface area contributed by atoms with Crippen molar-refractivity contribution < 1.29 is 4.79 Å². The molecule has 4 rings (SSSR count). The van der Waals surface area contributed by atoms with Crippen molar-refractivity contribution in [3.8, 4) is 11.5 Å². The smallest absolute Gasteiger partial charge is 0.299 e. The van der Waals surface area contributed by atoms with E-state index in [4.69, 9.17) is 0 Å². The number of carbonyl (C=O) groups is 1. The standard InChI is InChI=1S/C14H12N6OS/c1-7-12(19-20-14(21)22-7)8-2-3-9-11(6-8)17-13(16-9)10-4-5-15-18-10/h2-7H,1H3,(H,15,18)(H,16,17)(H,20,21). The van der Waals surface area contributed by atoms with Crippen LogP contribution in [0.25, 0.3) is 22.6 Å². The van der Waals surface area contributed by atoms with Crippen LogP contribution in [-0.2, 0) is 0 Å². The third-order valence-corrected chi connectivity index (χ3v) is 4.34. The van der Waals surface area contributed by atoms with Crippen LogP contribution >= 0.6 is 11.8 Å². The second-order valence-corrected chi connectivity index (χ2v) is 6.25. The minimum atomic E-state index is -0.127. The number of hydrogen-bond acceptors (Lipinski definition) is 5. The highest BCUT2D eigenvalue weighted by Crippen LogP contribution is 2.24. The van der Waals surface area contributed by atoms with Crippen LogP contribution in [0.2, 0.25) is 0 Å². The Morgan fingerprint density at radius 1 is 1.27 bits per heavy atom. The maximum Gasteiger partial charge on any atom is 0.299 e. The average molecular weight is 312 g/mol. The number of amides is 1. The lowest BCUT2D eigenvalue weighted by atomic mass is 10.1. The second-order valence-electron chi connectivity index (χ2n) is 4.93. The van der Waals surface area contributed by atoms with Gasteiger partial charge < -0.3 is 4.98 Å². The zero-order chi connectivity index (χ0) is 15.1. The van der Waals surface area contributed by atoms with Crippen LogP contribution in [0.15, 0.2) is 35.6 Å². The highest BCUT2D eigenvalue weighted by Gasteiger charge is 2.22. The maximum absolute atomic E-state index is 11.3. The minimum absolute atomic E-state index is 0.0101. The summed E-state index contributed by atoms with van der Waals surface area (Å²) in [6.45, 7) is 1.96. The summed E-state index contributed by atoms with van der Waals surface area (Å²) in [5.74, 6) is 0.717. The zero-order valence-corrected chi connectivity index (χ0v) is 12.4. The summed E-state index contributed by atoms with van der Waals surface area (Å²) in [6, 6.07) is 7.76. The molecule has 3 heterocycles. The van der Waals surface area contributed by atoms with Crippen LogP contribution < -0.4 is 5.43 Å². The Morgan fingerprint density at radius 2 is 2.18 bits per heavy atom. The molecule has 0 bridgehead atoms. The summed E-state index contributed by atoms with van der Waals surface area (Å²) in [6.07, 6.45) is 1.76. The molecule has 3 N–H and O–H groups in total. The van der Waals surface area contributed by atoms with E-state index in [1.165, 1.54) is 11.8 Å². The number of nitrogens with zero attached hydrogens (tertiary/aromatic N) is 3. The molecular weight excluding hydrogens is 300 g/mol. The monoisotopic (exact) mass is 312 g/mol. The van der Waals surface area contributed by atoms with Gasteiger partial charge in [-0.3, -0.25) is 9.89 Å². The van der Waals surface area contributed by atoms with Gasteiger partial charge in [-0.1, -0.05) is 17.8 Å². The molecule has 110 valence electrons. The molecule has 1 aromatic carbocycles. The summed E-state index contributed by atoms with van der Waals surface area (Å²) >= 11 is 1.23. The summed E-state index contributed by atoms with van der Waals surface area (Å²) in [5.41, 5.74) is 6.84. The predicted octanol–water partition coefficient (Wildman–Crippen LogP) is 2.50. The third kappa shape index (κ3) is 2.17. The van der Waals surface area contributed by atoms with Gasteiger partial charge in [-0.25, -0.2) is 10.4 Å². The van der Waals surface area contributed by atoms with E-state index in [2.05, 4.69) is 30.7 Å². The lowest BCUT2D eigenvalue weighted by Gasteiger charge is -2.18. The molecule has 1 atom stereocenters. The molecule has 1 aliphatic heterocycles. The van der Waals surface area contributed by atoms with Gasteiger partial charge in [0, 0.05) is 11.8 Å². The topological polar surface area (TPSA) is 98.8 Å². The molecule has 1 unspecified atom stereocenters. The van der Waals surface area contributed by atoms with Crippen molar-refractivity contribution in [1.82, 2.24) is 25.6 Å². The molecule has 22 heavy (non-hydrogen) atoms. The van der Waals surface area contributed by atoms with Gasteiger partial charge in [0.1, 0.15) is 5.69 Å². The van der Waals surface area contributed by atoms with Gasteiger partial charge in [0.25, 0.3) is 5.24 Å². The molecule has 0 saturated carbocycles.